The van der Waals surface area contributed by atoms with Crippen molar-refractivity contribution in [2.45, 2.75) is 102 Å². The first kappa shape index (κ1) is 42.5. The third-order valence-electron chi connectivity index (χ3n) is 9.00. The number of piperidine rings is 1. The zero-order valence-corrected chi connectivity index (χ0v) is 32.9. The van der Waals surface area contributed by atoms with Gasteiger partial charge in [-0.2, -0.15) is 0 Å². The number of carbonyl (C=O) groups is 7. The summed E-state index contributed by atoms with van der Waals surface area (Å²) in [4.78, 5) is 95.8. The summed E-state index contributed by atoms with van der Waals surface area (Å²) >= 11 is 13.1. The van der Waals surface area contributed by atoms with Gasteiger partial charge >= 0.3 is 6.03 Å². The van der Waals surface area contributed by atoms with Gasteiger partial charge in [-0.3, -0.25) is 28.8 Å². The Morgan fingerprint density at radius 3 is 2.10 bits per heavy atom. The van der Waals surface area contributed by atoms with Crippen molar-refractivity contribution in [3.63, 3.8) is 0 Å². The highest BCUT2D eigenvalue weighted by Gasteiger charge is 2.74. The van der Waals surface area contributed by atoms with E-state index in [1.807, 2.05) is 6.92 Å². The van der Waals surface area contributed by atoms with Crippen LogP contribution in [0.2, 0.25) is 0 Å². The first-order chi connectivity index (χ1) is 24.0. The number of hydrogen-bond acceptors (Lipinski definition) is 7. The lowest BCUT2D eigenvalue weighted by atomic mass is 9.85. The molecule has 2 aliphatic rings. The van der Waals surface area contributed by atoms with Crippen LogP contribution in [0.25, 0.3) is 0 Å². The highest BCUT2D eigenvalue weighted by atomic mass is 35.5. The van der Waals surface area contributed by atoms with Crippen molar-refractivity contribution in [3.8, 4) is 0 Å². The molecule has 1 saturated carbocycles. The summed E-state index contributed by atoms with van der Waals surface area (Å²) in [6, 6.07) is 3.50. The Morgan fingerprint density at radius 2 is 1.56 bits per heavy atom. The zero-order chi connectivity index (χ0) is 39.3. The van der Waals surface area contributed by atoms with Gasteiger partial charge in [0, 0.05) is 38.0 Å². The van der Waals surface area contributed by atoms with E-state index in [1.165, 1.54) is 9.80 Å². The van der Waals surface area contributed by atoms with Gasteiger partial charge in [0.2, 0.25) is 29.4 Å². The number of fused-ring (bicyclic) bond motifs is 1. The van der Waals surface area contributed by atoms with Crippen molar-refractivity contribution in [2.75, 3.05) is 27.2 Å². The van der Waals surface area contributed by atoms with Gasteiger partial charge in [0.15, 0.2) is 0 Å². The normalized spacial score (nSPS) is 20.7. The number of nitrogens with one attached hydrogen (secondary N) is 5. The van der Waals surface area contributed by atoms with Gasteiger partial charge in [-0.25, -0.2) is 4.79 Å². The fourth-order valence-corrected chi connectivity index (χ4v) is 7.03. The lowest BCUT2D eigenvalue weighted by Gasteiger charge is -2.38. The highest BCUT2D eigenvalue weighted by molar-refractivity contribution is 6.51. The van der Waals surface area contributed by atoms with Crippen molar-refractivity contribution >= 4 is 64.6 Å². The Kier molecular flexibility index (Phi) is 13.8. The predicted molar refractivity (Wildman–Crippen MR) is 197 cm³/mol. The number of hydrogen-bond donors (Lipinski definition) is 5. The van der Waals surface area contributed by atoms with Crippen LogP contribution in [-0.2, 0) is 28.8 Å². The van der Waals surface area contributed by atoms with E-state index < -0.39 is 99.2 Å². The quantitative estimate of drug-likeness (QED) is 0.142. The van der Waals surface area contributed by atoms with Crippen LogP contribution >= 0.6 is 23.2 Å². The molecule has 7 amide bonds. The smallest absolute Gasteiger partial charge is 0.315 e. The van der Waals surface area contributed by atoms with Crippen LogP contribution in [0.3, 0.4) is 0 Å². The number of rotatable bonds is 14. The van der Waals surface area contributed by atoms with E-state index in [4.69, 9.17) is 23.2 Å². The number of unbranched alkanes of at least 4 members (excludes halogenated alkanes) is 1. The third kappa shape index (κ3) is 10.6. The van der Waals surface area contributed by atoms with Gasteiger partial charge in [-0.15, -0.1) is 23.2 Å². The monoisotopic (exact) mass is 765 g/mol. The van der Waals surface area contributed by atoms with Gasteiger partial charge in [0.25, 0.3) is 5.91 Å². The number of halogens is 2. The molecule has 0 spiro atoms. The molecule has 6 atom stereocenters. The second-order valence-electron chi connectivity index (χ2n) is 15.8. The molecule has 0 bridgehead atoms. The van der Waals surface area contributed by atoms with Crippen LogP contribution in [0.4, 0.5) is 4.79 Å². The van der Waals surface area contributed by atoms with E-state index in [0.717, 1.165) is 0 Å². The molecule has 14 nitrogen and oxygen atoms in total. The largest absolute Gasteiger partial charge is 0.347 e. The molecule has 16 heteroatoms. The Labute approximate surface area is 315 Å². The fourth-order valence-electron chi connectivity index (χ4n) is 6.20. The maximum absolute atomic E-state index is 14.1. The summed E-state index contributed by atoms with van der Waals surface area (Å²) in [5, 5.41) is 13.1. The molecular weight excluding hydrogens is 713 g/mol. The van der Waals surface area contributed by atoms with Crippen LogP contribution < -0.4 is 26.6 Å². The number of nitrogens with zero attached hydrogens (tertiary/aromatic N) is 2. The predicted octanol–water partition coefficient (Wildman–Crippen LogP) is 2.44. The summed E-state index contributed by atoms with van der Waals surface area (Å²) in [5.74, 6) is -5.51. The second kappa shape index (κ2) is 16.8. The van der Waals surface area contributed by atoms with E-state index >= 15 is 0 Å². The standard InChI is InChI=1S/C36H53Cl2N7O7/c1-10-11-17-22(27(47)30(49)39-18-23(46)41-25(31(50)44(8)9)20-15-13-12-14-16-20)40-29(48)26-24-21(36(24,37)38)19-45(26)32(51)28(34(2,3)4)42-33(52)43-35(5,6)7/h12-16,21-22,24-26,28H,10-11,17-19H2,1-9H3,(H,39,49)(H,40,48)(H,41,46)(H2,42,43,52)/t21?,22?,24?,25-,26-,28?/m0/s1. The van der Waals surface area contributed by atoms with Gasteiger partial charge in [0.1, 0.15) is 22.5 Å². The summed E-state index contributed by atoms with van der Waals surface area (Å²) in [5.41, 5.74) is -0.799. The van der Waals surface area contributed by atoms with Gasteiger partial charge in [-0.05, 0) is 38.2 Å². The van der Waals surface area contributed by atoms with E-state index in [9.17, 15) is 33.6 Å². The fraction of sp³-hybridized carbons (Fsp3) is 0.639. The zero-order valence-electron chi connectivity index (χ0n) is 31.4. The van der Waals surface area contributed by atoms with E-state index in [0.29, 0.717) is 18.4 Å². The Bertz CT molecular complexity index is 1520. The van der Waals surface area contributed by atoms with Crippen LogP contribution in [0.5, 0.6) is 0 Å². The molecular formula is C36H53Cl2N7O7. The minimum absolute atomic E-state index is 0.0488. The van der Waals surface area contributed by atoms with E-state index in [2.05, 4.69) is 26.6 Å². The van der Waals surface area contributed by atoms with Crippen LogP contribution in [-0.4, -0.2) is 106 Å². The third-order valence-corrected chi connectivity index (χ3v) is 10.1. The van der Waals surface area contributed by atoms with Crippen molar-refractivity contribution in [1.29, 1.82) is 0 Å². The number of likely N-dealkylation sites (N-methyl/N-ethyl adjacent to an activating group) is 1. The number of alkyl halides is 2. The maximum atomic E-state index is 14.1. The molecule has 2 fully saturated rings. The number of carbonyl (C=O) groups excluding carboxylic acids is 7. The molecule has 1 aliphatic carbocycles. The molecule has 3 rings (SSSR count). The van der Waals surface area contributed by atoms with Gasteiger partial charge in [0.05, 0.1) is 12.6 Å². The maximum Gasteiger partial charge on any atom is 0.315 e. The molecule has 1 heterocycles. The Hall–Kier alpha value is -3.91. The second-order valence-corrected chi connectivity index (χ2v) is 17.2. The molecule has 0 radical (unpaired) electrons. The molecule has 1 aromatic carbocycles. The lowest BCUT2D eigenvalue weighted by Crippen LogP contribution is -2.62. The average Bonchev–Trinajstić information content (AvgIpc) is 3.35. The van der Waals surface area contributed by atoms with Crippen molar-refractivity contribution in [2.24, 2.45) is 17.3 Å². The van der Waals surface area contributed by atoms with E-state index in [-0.39, 0.29) is 13.0 Å². The van der Waals surface area contributed by atoms with Gasteiger partial charge < -0.3 is 36.4 Å². The van der Waals surface area contributed by atoms with Crippen LogP contribution in [0.1, 0.15) is 79.3 Å². The molecule has 1 saturated heterocycles. The van der Waals surface area contributed by atoms with Crippen molar-refractivity contribution < 1.29 is 33.6 Å². The first-order valence-electron chi connectivity index (χ1n) is 17.5. The molecule has 4 unspecified atom stereocenters. The van der Waals surface area contributed by atoms with E-state index in [1.54, 1.807) is 86.0 Å². The summed E-state index contributed by atoms with van der Waals surface area (Å²) in [6.07, 6.45) is 1.23. The van der Waals surface area contributed by atoms with Crippen molar-refractivity contribution in [1.82, 2.24) is 36.4 Å². The number of Topliss-reactive ketones (excluding diaryl/α,β-unsaturated/α-hetero) is 1. The molecule has 52 heavy (non-hydrogen) atoms. The molecule has 1 aliphatic heterocycles. The number of benzene rings is 1. The minimum atomic E-state index is -1.29. The molecule has 5 N–H and O–H groups in total. The first-order valence-corrected chi connectivity index (χ1v) is 18.2. The molecule has 1 aromatic rings. The van der Waals surface area contributed by atoms with Crippen molar-refractivity contribution in [3.05, 3.63) is 35.9 Å². The number of amides is 7. The lowest BCUT2D eigenvalue weighted by molar-refractivity contribution is -0.145. The average molecular weight is 767 g/mol. The van der Waals surface area contributed by atoms with Gasteiger partial charge in [-0.1, -0.05) is 70.9 Å². The summed E-state index contributed by atoms with van der Waals surface area (Å²) in [7, 11) is 3.10. The molecule has 0 aromatic heterocycles. The SMILES string of the molecule is CCCCC(NC(=O)[C@@H]1C2C(CN1C(=O)C(NC(=O)NC(C)(C)C)C(C)(C)C)C2(Cl)Cl)C(=O)C(=O)NCC(=O)N[C@H](C(=O)N(C)C)c1ccccc1. The highest BCUT2D eigenvalue weighted by Crippen LogP contribution is 2.65. The Balaban J connectivity index is 1.76. The number of urea groups is 1. The molecule has 288 valence electrons. The summed E-state index contributed by atoms with van der Waals surface area (Å²) in [6.45, 7) is 12.1. The topological polar surface area (TPSA) is 186 Å². The minimum Gasteiger partial charge on any atom is -0.347 e. The van der Waals surface area contributed by atoms with Crippen LogP contribution in [0, 0.1) is 17.3 Å². The number of likely N-dealkylation sites (tertiary alicyclic amines) is 1. The Morgan fingerprint density at radius 1 is 0.942 bits per heavy atom. The van der Waals surface area contributed by atoms with Crippen LogP contribution in [0.15, 0.2) is 30.3 Å². The summed E-state index contributed by atoms with van der Waals surface area (Å²) < 4.78 is -1.29. The number of ketones is 1.